The Morgan fingerprint density at radius 3 is 2.87 bits per heavy atom. The van der Waals surface area contributed by atoms with Crippen LogP contribution in [0.3, 0.4) is 0 Å². The number of hydrogen-bond donors (Lipinski definition) is 1. The molecule has 0 aromatic heterocycles. The van der Waals surface area contributed by atoms with E-state index in [9.17, 15) is 4.39 Å². The largest absolute Gasteiger partial charge is 0.493 e. The number of halogens is 1. The van der Waals surface area contributed by atoms with Crippen molar-refractivity contribution in [2.24, 2.45) is 5.92 Å². The fraction of sp³-hybridized carbons (Fsp3) is 0.500. The highest BCUT2D eigenvalue weighted by Crippen LogP contribution is 2.32. The average molecular weight is 210 g/mol. The van der Waals surface area contributed by atoms with E-state index < -0.39 is 0 Å². The second-order valence-electron chi connectivity index (χ2n) is 3.99. The van der Waals surface area contributed by atoms with Crippen molar-refractivity contribution < 1.29 is 14.2 Å². The molecule has 1 aromatic carbocycles. The molecule has 0 aliphatic heterocycles. The molecule has 0 spiro atoms. The summed E-state index contributed by atoms with van der Waals surface area (Å²) in [4.78, 5) is 0. The van der Waals surface area contributed by atoms with E-state index in [1.165, 1.54) is 25.0 Å². The van der Waals surface area contributed by atoms with Crippen LogP contribution in [0.25, 0.3) is 0 Å². The highest BCUT2D eigenvalue weighted by Gasteiger charge is 2.20. The van der Waals surface area contributed by atoms with Crippen molar-refractivity contribution in [2.75, 3.05) is 6.61 Å². The zero-order valence-corrected chi connectivity index (χ0v) is 8.58. The molecule has 15 heavy (non-hydrogen) atoms. The molecule has 82 valence electrons. The van der Waals surface area contributed by atoms with Gasteiger partial charge in [-0.15, -0.1) is 0 Å². The Bertz CT molecular complexity index is 334. The molecule has 2 nitrogen and oxygen atoms in total. The summed E-state index contributed by atoms with van der Waals surface area (Å²) in [5, 5.41) is 9.02. The van der Waals surface area contributed by atoms with Gasteiger partial charge in [0, 0.05) is 5.56 Å². The number of benzene rings is 1. The fourth-order valence-electron chi connectivity index (χ4n) is 1.55. The summed E-state index contributed by atoms with van der Waals surface area (Å²) in [5.41, 5.74) is 0.519. The highest BCUT2D eigenvalue weighted by molar-refractivity contribution is 5.33. The van der Waals surface area contributed by atoms with Gasteiger partial charge in [-0.1, -0.05) is 12.8 Å². The van der Waals surface area contributed by atoms with E-state index in [1.807, 2.05) is 0 Å². The average Bonchev–Trinajstić information content (AvgIpc) is 3.04. The molecule has 0 atom stereocenters. The minimum absolute atomic E-state index is 0.184. The molecule has 0 amide bonds. The van der Waals surface area contributed by atoms with Crippen LogP contribution >= 0.6 is 0 Å². The lowest BCUT2D eigenvalue weighted by atomic mass is 10.2. The zero-order chi connectivity index (χ0) is 10.7. The first-order chi connectivity index (χ1) is 7.29. The summed E-state index contributed by atoms with van der Waals surface area (Å²) >= 11 is 0. The van der Waals surface area contributed by atoms with Gasteiger partial charge in [-0.2, -0.15) is 0 Å². The molecule has 0 saturated heterocycles. The Morgan fingerprint density at radius 1 is 1.40 bits per heavy atom. The van der Waals surface area contributed by atoms with Gasteiger partial charge >= 0.3 is 0 Å². The van der Waals surface area contributed by atoms with E-state index in [0.717, 1.165) is 12.3 Å². The van der Waals surface area contributed by atoms with Gasteiger partial charge in [-0.25, -0.2) is 4.39 Å². The lowest BCUT2D eigenvalue weighted by molar-refractivity contribution is 0.258. The number of aliphatic hydroxyl groups is 1. The predicted octanol–water partition coefficient (Wildman–Crippen LogP) is 2.50. The maximum Gasteiger partial charge on any atom is 0.125 e. The first-order valence-corrected chi connectivity index (χ1v) is 5.31. The smallest absolute Gasteiger partial charge is 0.125 e. The second kappa shape index (κ2) is 4.62. The molecule has 0 radical (unpaired) electrons. The molecule has 3 heteroatoms. The van der Waals surface area contributed by atoms with E-state index in [1.54, 1.807) is 6.07 Å². The first kappa shape index (κ1) is 10.4. The Kier molecular flexibility index (Phi) is 3.21. The van der Waals surface area contributed by atoms with E-state index in [0.29, 0.717) is 17.9 Å². The minimum Gasteiger partial charge on any atom is -0.493 e. The van der Waals surface area contributed by atoms with Crippen molar-refractivity contribution in [3.05, 3.63) is 29.6 Å². The van der Waals surface area contributed by atoms with Crippen LogP contribution in [0.5, 0.6) is 5.75 Å². The standard InChI is InChI=1S/C12H15FO2/c13-11-3-4-12(10(7-11)8-14)15-6-5-9-1-2-9/h3-4,7,9,14H,1-2,5-6,8H2. The first-order valence-electron chi connectivity index (χ1n) is 5.31. The van der Waals surface area contributed by atoms with Crippen molar-refractivity contribution in [2.45, 2.75) is 25.9 Å². The molecule has 1 aromatic rings. The van der Waals surface area contributed by atoms with Gasteiger partial charge in [0.05, 0.1) is 13.2 Å². The van der Waals surface area contributed by atoms with Crippen LogP contribution < -0.4 is 4.74 Å². The highest BCUT2D eigenvalue weighted by atomic mass is 19.1. The van der Waals surface area contributed by atoms with Crippen molar-refractivity contribution in [3.63, 3.8) is 0 Å². The van der Waals surface area contributed by atoms with Gasteiger partial charge in [0.25, 0.3) is 0 Å². The maximum atomic E-state index is 12.8. The van der Waals surface area contributed by atoms with E-state index >= 15 is 0 Å². The molecule has 1 N–H and O–H groups in total. The molecule has 0 heterocycles. The molecule has 1 saturated carbocycles. The Labute approximate surface area is 88.7 Å². The molecule has 0 bridgehead atoms. The Morgan fingerprint density at radius 2 is 2.20 bits per heavy atom. The normalized spacial score (nSPS) is 15.3. The lowest BCUT2D eigenvalue weighted by Gasteiger charge is -2.09. The third-order valence-corrected chi connectivity index (χ3v) is 2.67. The minimum atomic E-state index is -0.339. The van der Waals surface area contributed by atoms with Gasteiger partial charge in [-0.05, 0) is 30.5 Å². The second-order valence-corrected chi connectivity index (χ2v) is 3.99. The third kappa shape index (κ3) is 2.93. The summed E-state index contributed by atoms with van der Waals surface area (Å²) in [6.07, 6.45) is 3.67. The Hall–Kier alpha value is -1.09. The van der Waals surface area contributed by atoms with Gasteiger partial charge < -0.3 is 9.84 Å². The lowest BCUT2D eigenvalue weighted by Crippen LogP contribution is -2.01. The Balaban J connectivity index is 1.92. The number of hydrogen-bond acceptors (Lipinski definition) is 2. The quantitative estimate of drug-likeness (QED) is 0.809. The maximum absolute atomic E-state index is 12.8. The van der Waals surface area contributed by atoms with Gasteiger partial charge in [0.1, 0.15) is 11.6 Å². The summed E-state index contributed by atoms with van der Waals surface area (Å²) in [7, 11) is 0. The van der Waals surface area contributed by atoms with E-state index in [-0.39, 0.29) is 12.4 Å². The number of ether oxygens (including phenoxy) is 1. The molecule has 0 unspecified atom stereocenters. The summed E-state index contributed by atoms with van der Waals surface area (Å²) in [6.45, 7) is 0.472. The molecule has 1 aliphatic rings. The van der Waals surface area contributed by atoms with Gasteiger partial charge in [-0.3, -0.25) is 0 Å². The van der Waals surface area contributed by atoms with Crippen LogP contribution in [0.2, 0.25) is 0 Å². The van der Waals surface area contributed by atoms with Crippen molar-refractivity contribution >= 4 is 0 Å². The van der Waals surface area contributed by atoms with Crippen LogP contribution in [0.1, 0.15) is 24.8 Å². The van der Waals surface area contributed by atoms with Crippen molar-refractivity contribution in [1.29, 1.82) is 0 Å². The monoisotopic (exact) mass is 210 g/mol. The van der Waals surface area contributed by atoms with Crippen LogP contribution in [0.15, 0.2) is 18.2 Å². The number of aliphatic hydroxyl groups excluding tert-OH is 1. The van der Waals surface area contributed by atoms with Crippen LogP contribution in [-0.2, 0) is 6.61 Å². The van der Waals surface area contributed by atoms with Crippen LogP contribution in [0, 0.1) is 11.7 Å². The van der Waals surface area contributed by atoms with E-state index in [2.05, 4.69) is 0 Å². The topological polar surface area (TPSA) is 29.5 Å². The summed E-state index contributed by atoms with van der Waals surface area (Å²) in [5.74, 6) is 1.08. The third-order valence-electron chi connectivity index (χ3n) is 2.67. The summed E-state index contributed by atoms with van der Waals surface area (Å²) < 4.78 is 18.3. The number of rotatable bonds is 5. The van der Waals surface area contributed by atoms with E-state index in [4.69, 9.17) is 9.84 Å². The van der Waals surface area contributed by atoms with Gasteiger partial charge in [0.2, 0.25) is 0 Å². The molecule has 1 aliphatic carbocycles. The van der Waals surface area contributed by atoms with Crippen LogP contribution in [0.4, 0.5) is 4.39 Å². The predicted molar refractivity (Wildman–Crippen MR) is 55.2 cm³/mol. The fourth-order valence-corrected chi connectivity index (χ4v) is 1.55. The van der Waals surface area contributed by atoms with Crippen molar-refractivity contribution in [3.8, 4) is 5.75 Å². The molecule has 2 rings (SSSR count). The summed E-state index contributed by atoms with van der Waals surface area (Å²) in [6, 6.07) is 4.24. The molecular formula is C12H15FO2. The van der Waals surface area contributed by atoms with Crippen LogP contribution in [-0.4, -0.2) is 11.7 Å². The van der Waals surface area contributed by atoms with Crippen molar-refractivity contribution in [1.82, 2.24) is 0 Å². The zero-order valence-electron chi connectivity index (χ0n) is 8.58. The molecule has 1 fully saturated rings. The SMILES string of the molecule is OCc1cc(F)ccc1OCCC1CC1. The molecular weight excluding hydrogens is 195 g/mol. The van der Waals surface area contributed by atoms with Gasteiger partial charge in [0.15, 0.2) is 0 Å².